The molecule has 0 saturated heterocycles. The standard InChI is InChI=1S/C13H21BrN2O/c1-4-16(9-13(2,3)17)11-6-5-10(8-15)12(14)7-11/h5-7,17H,4,8-9,15H2,1-3H3. The van der Waals surface area contributed by atoms with Crippen molar-refractivity contribution in [2.75, 3.05) is 18.0 Å². The summed E-state index contributed by atoms with van der Waals surface area (Å²) >= 11 is 3.52. The number of nitrogens with two attached hydrogens (primary N) is 1. The summed E-state index contributed by atoms with van der Waals surface area (Å²) in [6, 6.07) is 6.12. The fourth-order valence-electron chi connectivity index (χ4n) is 1.75. The molecule has 0 aliphatic carbocycles. The molecule has 0 spiro atoms. The highest BCUT2D eigenvalue weighted by molar-refractivity contribution is 9.10. The molecule has 0 bridgehead atoms. The Morgan fingerprint density at radius 2 is 2.06 bits per heavy atom. The highest BCUT2D eigenvalue weighted by Crippen LogP contribution is 2.25. The molecule has 0 atom stereocenters. The Morgan fingerprint density at radius 3 is 2.47 bits per heavy atom. The number of anilines is 1. The summed E-state index contributed by atoms with van der Waals surface area (Å²) in [6.07, 6.45) is 0. The number of rotatable bonds is 5. The van der Waals surface area contributed by atoms with Crippen LogP contribution in [-0.4, -0.2) is 23.8 Å². The van der Waals surface area contributed by atoms with Crippen LogP contribution in [-0.2, 0) is 6.54 Å². The van der Waals surface area contributed by atoms with E-state index in [-0.39, 0.29) is 0 Å². The average Bonchev–Trinajstić information content (AvgIpc) is 2.24. The first-order valence-corrected chi connectivity index (χ1v) is 6.62. The summed E-state index contributed by atoms with van der Waals surface area (Å²) in [4.78, 5) is 2.14. The van der Waals surface area contributed by atoms with Crippen LogP contribution in [0, 0.1) is 0 Å². The molecule has 0 radical (unpaired) electrons. The van der Waals surface area contributed by atoms with E-state index in [0.29, 0.717) is 13.1 Å². The van der Waals surface area contributed by atoms with Crippen molar-refractivity contribution in [2.45, 2.75) is 32.9 Å². The zero-order chi connectivity index (χ0) is 13.1. The van der Waals surface area contributed by atoms with E-state index < -0.39 is 5.60 Å². The largest absolute Gasteiger partial charge is 0.389 e. The van der Waals surface area contributed by atoms with E-state index in [2.05, 4.69) is 33.8 Å². The predicted octanol–water partition coefficient (Wildman–Crippen LogP) is 2.50. The lowest BCUT2D eigenvalue weighted by atomic mass is 10.1. The van der Waals surface area contributed by atoms with Crippen molar-refractivity contribution in [1.82, 2.24) is 0 Å². The minimum Gasteiger partial charge on any atom is -0.389 e. The molecular weight excluding hydrogens is 280 g/mol. The van der Waals surface area contributed by atoms with Crippen LogP contribution in [0.1, 0.15) is 26.3 Å². The van der Waals surface area contributed by atoms with Crippen molar-refractivity contribution in [3.63, 3.8) is 0 Å². The lowest BCUT2D eigenvalue weighted by molar-refractivity contribution is 0.0876. The summed E-state index contributed by atoms with van der Waals surface area (Å²) in [5.74, 6) is 0. The van der Waals surface area contributed by atoms with Gasteiger partial charge in [-0.3, -0.25) is 0 Å². The molecular formula is C13H21BrN2O. The van der Waals surface area contributed by atoms with Gasteiger partial charge in [0.25, 0.3) is 0 Å². The summed E-state index contributed by atoms with van der Waals surface area (Å²) in [6.45, 7) is 7.71. The van der Waals surface area contributed by atoms with Crippen molar-refractivity contribution in [2.24, 2.45) is 5.73 Å². The molecule has 0 aliphatic rings. The molecule has 4 heteroatoms. The molecule has 1 rings (SSSR count). The van der Waals surface area contributed by atoms with Gasteiger partial charge in [-0.05, 0) is 38.5 Å². The first-order valence-electron chi connectivity index (χ1n) is 5.83. The second-order valence-electron chi connectivity index (χ2n) is 4.81. The van der Waals surface area contributed by atoms with Gasteiger partial charge < -0.3 is 15.7 Å². The van der Waals surface area contributed by atoms with Crippen LogP contribution in [0.2, 0.25) is 0 Å². The third-order valence-corrected chi connectivity index (χ3v) is 3.32. The van der Waals surface area contributed by atoms with E-state index >= 15 is 0 Å². The maximum Gasteiger partial charge on any atom is 0.0765 e. The molecule has 0 aromatic heterocycles. The predicted molar refractivity (Wildman–Crippen MR) is 76.2 cm³/mol. The van der Waals surface area contributed by atoms with Gasteiger partial charge >= 0.3 is 0 Å². The second-order valence-corrected chi connectivity index (χ2v) is 5.66. The van der Waals surface area contributed by atoms with Crippen molar-refractivity contribution >= 4 is 21.6 Å². The molecule has 1 aromatic rings. The van der Waals surface area contributed by atoms with E-state index in [4.69, 9.17) is 5.73 Å². The second kappa shape index (κ2) is 5.85. The lowest BCUT2D eigenvalue weighted by Crippen LogP contribution is -2.38. The maximum atomic E-state index is 9.88. The van der Waals surface area contributed by atoms with E-state index in [1.54, 1.807) is 0 Å². The van der Waals surface area contributed by atoms with Gasteiger partial charge in [0.15, 0.2) is 0 Å². The molecule has 0 saturated carbocycles. The van der Waals surface area contributed by atoms with E-state index in [9.17, 15) is 5.11 Å². The Bertz CT molecular complexity index is 374. The maximum absolute atomic E-state index is 9.88. The molecule has 0 heterocycles. The summed E-state index contributed by atoms with van der Waals surface area (Å²) in [7, 11) is 0. The Morgan fingerprint density at radius 1 is 1.41 bits per heavy atom. The number of hydrogen-bond donors (Lipinski definition) is 2. The highest BCUT2D eigenvalue weighted by Gasteiger charge is 2.18. The Labute approximate surface area is 112 Å². The smallest absolute Gasteiger partial charge is 0.0765 e. The summed E-state index contributed by atoms with van der Waals surface area (Å²) in [5.41, 5.74) is 7.11. The Balaban J connectivity index is 2.93. The molecule has 0 amide bonds. The fourth-order valence-corrected chi connectivity index (χ4v) is 2.28. The molecule has 1 aromatic carbocycles. The fraction of sp³-hybridized carbons (Fsp3) is 0.538. The SMILES string of the molecule is CCN(CC(C)(C)O)c1ccc(CN)c(Br)c1. The number of nitrogens with zero attached hydrogens (tertiary/aromatic N) is 1. The van der Waals surface area contributed by atoms with Gasteiger partial charge in [0, 0.05) is 29.8 Å². The quantitative estimate of drug-likeness (QED) is 0.878. The van der Waals surface area contributed by atoms with Crippen molar-refractivity contribution in [3.8, 4) is 0 Å². The highest BCUT2D eigenvalue weighted by atomic mass is 79.9. The Kier molecular flexibility index (Phi) is 4.98. The van der Waals surface area contributed by atoms with Crippen LogP contribution in [0.4, 0.5) is 5.69 Å². The molecule has 0 fully saturated rings. The van der Waals surface area contributed by atoms with Gasteiger partial charge in [-0.25, -0.2) is 0 Å². The van der Waals surface area contributed by atoms with Crippen LogP contribution >= 0.6 is 15.9 Å². The number of benzene rings is 1. The van der Waals surface area contributed by atoms with Gasteiger partial charge in [-0.2, -0.15) is 0 Å². The van der Waals surface area contributed by atoms with Crippen molar-refractivity contribution in [3.05, 3.63) is 28.2 Å². The van der Waals surface area contributed by atoms with Crippen LogP contribution in [0.3, 0.4) is 0 Å². The monoisotopic (exact) mass is 300 g/mol. The normalized spacial score (nSPS) is 11.6. The number of hydrogen-bond acceptors (Lipinski definition) is 3. The zero-order valence-electron chi connectivity index (χ0n) is 10.7. The molecule has 96 valence electrons. The summed E-state index contributed by atoms with van der Waals surface area (Å²) < 4.78 is 1.02. The van der Waals surface area contributed by atoms with E-state index in [1.807, 2.05) is 26.0 Å². The summed E-state index contributed by atoms with van der Waals surface area (Å²) in [5, 5.41) is 9.88. The average molecular weight is 301 g/mol. The van der Waals surface area contributed by atoms with Crippen LogP contribution < -0.4 is 10.6 Å². The number of halogens is 1. The van der Waals surface area contributed by atoms with Crippen LogP contribution in [0.15, 0.2) is 22.7 Å². The van der Waals surface area contributed by atoms with Gasteiger partial charge in [0.1, 0.15) is 0 Å². The van der Waals surface area contributed by atoms with Gasteiger partial charge in [0.2, 0.25) is 0 Å². The van der Waals surface area contributed by atoms with Crippen LogP contribution in [0.5, 0.6) is 0 Å². The molecule has 0 aliphatic heterocycles. The minimum absolute atomic E-state index is 0.526. The molecule has 3 nitrogen and oxygen atoms in total. The third kappa shape index (κ3) is 4.30. The van der Waals surface area contributed by atoms with E-state index in [1.165, 1.54) is 0 Å². The van der Waals surface area contributed by atoms with Gasteiger partial charge in [-0.15, -0.1) is 0 Å². The third-order valence-electron chi connectivity index (χ3n) is 2.58. The van der Waals surface area contributed by atoms with Gasteiger partial charge in [0.05, 0.1) is 5.60 Å². The first kappa shape index (κ1) is 14.5. The Hall–Kier alpha value is -0.580. The van der Waals surface area contributed by atoms with Crippen molar-refractivity contribution in [1.29, 1.82) is 0 Å². The van der Waals surface area contributed by atoms with Gasteiger partial charge in [-0.1, -0.05) is 22.0 Å². The lowest BCUT2D eigenvalue weighted by Gasteiger charge is -2.30. The zero-order valence-corrected chi connectivity index (χ0v) is 12.3. The number of likely N-dealkylation sites (N-methyl/N-ethyl adjacent to an activating group) is 1. The molecule has 3 N–H and O–H groups in total. The van der Waals surface area contributed by atoms with E-state index in [0.717, 1.165) is 22.3 Å². The first-order chi connectivity index (χ1) is 7.87. The topological polar surface area (TPSA) is 49.5 Å². The number of aliphatic hydroxyl groups is 1. The van der Waals surface area contributed by atoms with Crippen molar-refractivity contribution < 1.29 is 5.11 Å². The van der Waals surface area contributed by atoms with Crippen LogP contribution in [0.25, 0.3) is 0 Å². The minimum atomic E-state index is -0.699. The molecule has 0 unspecified atom stereocenters. The molecule has 17 heavy (non-hydrogen) atoms.